The lowest BCUT2D eigenvalue weighted by molar-refractivity contribution is 0.415. The summed E-state index contributed by atoms with van der Waals surface area (Å²) >= 11 is 1.74. The summed E-state index contributed by atoms with van der Waals surface area (Å²) in [6.45, 7) is 2.22. The highest BCUT2D eigenvalue weighted by atomic mass is 32.1. The van der Waals surface area contributed by atoms with Crippen LogP contribution in [0.1, 0.15) is 18.5 Å². The molecule has 0 N–H and O–H groups in total. The summed E-state index contributed by atoms with van der Waals surface area (Å²) < 4.78 is 7.68. The van der Waals surface area contributed by atoms with Gasteiger partial charge in [-0.15, -0.1) is 0 Å². The van der Waals surface area contributed by atoms with Gasteiger partial charge < -0.3 is 9.30 Å². The molecule has 108 valence electrons. The average Bonchev–Trinajstić information content (AvgIpc) is 3.18. The summed E-state index contributed by atoms with van der Waals surface area (Å²) in [5.74, 6) is 1.81. The van der Waals surface area contributed by atoms with Crippen molar-refractivity contribution in [1.82, 2.24) is 9.55 Å². The first-order chi connectivity index (χ1) is 10.3. The van der Waals surface area contributed by atoms with Gasteiger partial charge in [-0.25, -0.2) is 4.98 Å². The van der Waals surface area contributed by atoms with Gasteiger partial charge in [-0.2, -0.15) is 11.3 Å². The third kappa shape index (κ3) is 2.85. The second kappa shape index (κ2) is 6.14. The Labute approximate surface area is 128 Å². The fourth-order valence-corrected chi connectivity index (χ4v) is 3.24. The van der Waals surface area contributed by atoms with Crippen LogP contribution in [0, 0.1) is 0 Å². The Kier molecular flexibility index (Phi) is 4.06. The van der Waals surface area contributed by atoms with Crippen LogP contribution in [-0.4, -0.2) is 16.7 Å². The molecule has 2 heterocycles. The first-order valence-electron chi connectivity index (χ1n) is 6.97. The minimum absolute atomic E-state index is 0.349. The molecule has 0 radical (unpaired) electrons. The van der Waals surface area contributed by atoms with Gasteiger partial charge in [-0.05, 0) is 47.9 Å². The van der Waals surface area contributed by atoms with Gasteiger partial charge in [0, 0.05) is 18.4 Å². The quantitative estimate of drug-likeness (QED) is 0.697. The molecule has 1 unspecified atom stereocenters. The standard InChI is InChI=1S/C17H18N2OS/c1-13(11-14-7-10-21-12-14)19-9-8-18-17(19)15-5-3-4-6-16(15)20-2/h3-10,12-13H,11H2,1-2H3. The molecule has 0 saturated heterocycles. The lowest BCUT2D eigenvalue weighted by atomic mass is 10.1. The van der Waals surface area contributed by atoms with Crippen molar-refractivity contribution in [3.63, 3.8) is 0 Å². The van der Waals surface area contributed by atoms with Gasteiger partial charge in [0.1, 0.15) is 11.6 Å². The molecule has 21 heavy (non-hydrogen) atoms. The number of ether oxygens (including phenoxy) is 1. The molecular formula is C17H18N2OS. The number of hydrogen-bond donors (Lipinski definition) is 0. The Balaban J connectivity index is 1.93. The van der Waals surface area contributed by atoms with E-state index in [-0.39, 0.29) is 0 Å². The van der Waals surface area contributed by atoms with Crippen molar-refractivity contribution < 1.29 is 4.74 Å². The number of aromatic nitrogens is 2. The van der Waals surface area contributed by atoms with Crippen molar-refractivity contribution in [3.05, 3.63) is 59.0 Å². The summed E-state index contributed by atoms with van der Waals surface area (Å²) in [6.07, 6.45) is 4.90. The Morgan fingerprint density at radius 1 is 1.29 bits per heavy atom. The maximum absolute atomic E-state index is 5.46. The number of hydrogen-bond acceptors (Lipinski definition) is 3. The maximum Gasteiger partial charge on any atom is 0.143 e. The van der Waals surface area contributed by atoms with E-state index in [0.717, 1.165) is 23.6 Å². The monoisotopic (exact) mass is 298 g/mol. The normalized spacial score (nSPS) is 12.3. The third-order valence-corrected chi connectivity index (χ3v) is 4.33. The van der Waals surface area contributed by atoms with Crippen LogP contribution in [-0.2, 0) is 6.42 Å². The van der Waals surface area contributed by atoms with Crippen molar-refractivity contribution in [2.75, 3.05) is 7.11 Å². The van der Waals surface area contributed by atoms with Crippen molar-refractivity contribution in [1.29, 1.82) is 0 Å². The minimum atomic E-state index is 0.349. The predicted octanol–water partition coefficient (Wildman–Crippen LogP) is 4.42. The van der Waals surface area contributed by atoms with E-state index in [0.29, 0.717) is 6.04 Å². The van der Waals surface area contributed by atoms with Crippen LogP contribution in [0.4, 0.5) is 0 Å². The van der Waals surface area contributed by atoms with Crippen molar-refractivity contribution in [2.24, 2.45) is 0 Å². The highest BCUT2D eigenvalue weighted by molar-refractivity contribution is 7.07. The smallest absolute Gasteiger partial charge is 0.143 e. The SMILES string of the molecule is COc1ccccc1-c1nccn1C(C)Cc1ccsc1. The van der Waals surface area contributed by atoms with E-state index in [9.17, 15) is 0 Å². The van der Waals surface area contributed by atoms with Gasteiger partial charge >= 0.3 is 0 Å². The van der Waals surface area contributed by atoms with Gasteiger partial charge in [0.25, 0.3) is 0 Å². The molecule has 3 nitrogen and oxygen atoms in total. The van der Waals surface area contributed by atoms with E-state index >= 15 is 0 Å². The molecule has 1 aromatic carbocycles. The van der Waals surface area contributed by atoms with Crippen LogP contribution in [0.5, 0.6) is 5.75 Å². The second-order valence-electron chi connectivity index (χ2n) is 5.04. The molecule has 0 aliphatic heterocycles. The van der Waals surface area contributed by atoms with E-state index in [4.69, 9.17) is 4.74 Å². The zero-order chi connectivity index (χ0) is 14.7. The van der Waals surface area contributed by atoms with Crippen LogP contribution in [0.3, 0.4) is 0 Å². The summed E-state index contributed by atoms with van der Waals surface area (Å²) in [5, 5.41) is 4.33. The topological polar surface area (TPSA) is 27.1 Å². The van der Waals surface area contributed by atoms with Gasteiger partial charge in [0.2, 0.25) is 0 Å². The van der Waals surface area contributed by atoms with Gasteiger partial charge in [0.15, 0.2) is 0 Å². The van der Waals surface area contributed by atoms with Crippen molar-refractivity contribution >= 4 is 11.3 Å². The number of thiophene rings is 1. The molecular weight excluding hydrogens is 280 g/mol. The highest BCUT2D eigenvalue weighted by Crippen LogP contribution is 2.30. The van der Waals surface area contributed by atoms with Gasteiger partial charge in [-0.1, -0.05) is 12.1 Å². The molecule has 0 amide bonds. The Morgan fingerprint density at radius 2 is 2.14 bits per heavy atom. The molecule has 0 fully saturated rings. The van der Waals surface area contributed by atoms with Crippen molar-refractivity contribution in [2.45, 2.75) is 19.4 Å². The van der Waals surface area contributed by atoms with Crippen LogP contribution < -0.4 is 4.74 Å². The van der Waals surface area contributed by atoms with Gasteiger partial charge in [0.05, 0.1) is 12.7 Å². The zero-order valence-electron chi connectivity index (χ0n) is 12.2. The molecule has 3 aromatic rings. The van der Waals surface area contributed by atoms with E-state index in [1.807, 2.05) is 30.6 Å². The van der Waals surface area contributed by atoms with Crippen LogP contribution in [0.25, 0.3) is 11.4 Å². The second-order valence-corrected chi connectivity index (χ2v) is 5.82. The number of rotatable bonds is 5. The molecule has 0 bridgehead atoms. The fourth-order valence-electron chi connectivity index (χ4n) is 2.55. The number of para-hydroxylation sites is 1. The summed E-state index contributed by atoms with van der Waals surface area (Å²) in [7, 11) is 1.70. The molecule has 3 rings (SSSR count). The minimum Gasteiger partial charge on any atom is -0.496 e. The van der Waals surface area contributed by atoms with Crippen LogP contribution >= 0.6 is 11.3 Å². The van der Waals surface area contributed by atoms with E-state index in [2.05, 4.69) is 39.4 Å². The molecule has 0 aliphatic rings. The average molecular weight is 298 g/mol. The predicted molar refractivity (Wildman–Crippen MR) is 86.9 cm³/mol. The van der Waals surface area contributed by atoms with Gasteiger partial charge in [-0.3, -0.25) is 0 Å². The Hall–Kier alpha value is -2.07. The molecule has 4 heteroatoms. The molecule has 0 aliphatic carbocycles. The Bertz CT molecular complexity index is 703. The van der Waals surface area contributed by atoms with E-state index in [1.165, 1.54) is 5.56 Å². The molecule has 0 spiro atoms. The highest BCUT2D eigenvalue weighted by Gasteiger charge is 2.15. The fraction of sp³-hybridized carbons (Fsp3) is 0.235. The number of nitrogens with zero attached hydrogens (tertiary/aromatic N) is 2. The summed E-state index contributed by atoms with van der Waals surface area (Å²) in [6, 6.07) is 10.5. The first-order valence-corrected chi connectivity index (χ1v) is 7.91. The lowest BCUT2D eigenvalue weighted by Gasteiger charge is -2.17. The maximum atomic E-state index is 5.46. The molecule has 1 atom stereocenters. The van der Waals surface area contributed by atoms with Crippen LogP contribution in [0.2, 0.25) is 0 Å². The third-order valence-electron chi connectivity index (χ3n) is 3.60. The number of imidazole rings is 1. The molecule has 0 saturated carbocycles. The van der Waals surface area contributed by atoms with Crippen LogP contribution in [0.15, 0.2) is 53.5 Å². The van der Waals surface area contributed by atoms with E-state index in [1.54, 1.807) is 18.4 Å². The zero-order valence-corrected chi connectivity index (χ0v) is 13.0. The Morgan fingerprint density at radius 3 is 2.90 bits per heavy atom. The number of benzene rings is 1. The van der Waals surface area contributed by atoms with Crippen molar-refractivity contribution in [3.8, 4) is 17.1 Å². The summed E-state index contributed by atoms with van der Waals surface area (Å²) in [5.41, 5.74) is 2.40. The number of methoxy groups -OCH3 is 1. The van der Waals surface area contributed by atoms with E-state index < -0.39 is 0 Å². The summed E-state index contributed by atoms with van der Waals surface area (Å²) in [4.78, 5) is 4.53. The lowest BCUT2D eigenvalue weighted by Crippen LogP contribution is -2.09. The molecule has 2 aromatic heterocycles. The first kappa shape index (κ1) is 13.9. The largest absolute Gasteiger partial charge is 0.496 e.